The summed E-state index contributed by atoms with van der Waals surface area (Å²) in [4.78, 5) is 0. The molecular formula is C12H22. The van der Waals surface area contributed by atoms with Crippen molar-refractivity contribution < 1.29 is 0 Å². The van der Waals surface area contributed by atoms with Crippen LogP contribution in [0.3, 0.4) is 0 Å². The van der Waals surface area contributed by atoms with Gasteiger partial charge in [-0.05, 0) is 37.5 Å². The molecule has 0 bridgehead atoms. The Morgan fingerprint density at radius 1 is 0.750 bits per heavy atom. The molecule has 0 spiro atoms. The molecule has 0 fully saturated rings. The lowest BCUT2D eigenvalue weighted by Crippen LogP contribution is -2.29. The molecule has 2 atom stereocenters. The highest BCUT2D eigenvalue weighted by atomic mass is 14.4. The SMILES string of the molecule is CCC1=C(CC)C(CC)C1CC. The maximum atomic E-state index is 2.33. The zero-order valence-electron chi connectivity index (χ0n) is 8.98. The van der Waals surface area contributed by atoms with E-state index < -0.39 is 0 Å². The van der Waals surface area contributed by atoms with Gasteiger partial charge in [0.05, 0.1) is 0 Å². The zero-order valence-corrected chi connectivity index (χ0v) is 8.98. The molecule has 12 heavy (non-hydrogen) atoms. The van der Waals surface area contributed by atoms with Crippen LogP contribution >= 0.6 is 0 Å². The van der Waals surface area contributed by atoms with Gasteiger partial charge >= 0.3 is 0 Å². The molecule has 0 saturated heterocycles. The van der Waals surface area contributed by atoms with Gasteiger partial charge in [-0.2, -0.15) is 0 Å². The molecule has 0 radical (unpaired) electrons. The molecule has 0 heteroatoms. The van der Waals surface area contributed by atoms with Crippen molar-refractivity contribution in [2.45, 2.75) is 53.4 Å². The molecule has 0 amide bonds. The third kappa shape index (κ3) is 1.32. The Balaban J connectivity index is 2.75. The van der Waals surface area contributed by atoms with Crippen LogP contribution in [0.15, 0.2) is 11.1 Å². The quantitative estimate of drug-likeness (QED) is 0.550. The van der Waals surface area contributed by atoms with Crippen molar-refractivity contribution >= 4 is 0 Å². The first-order valence-electron chi connectivity index (χ1n) is 5.51. The van der Waals surface area contributed by atoms with Gasteiger partial charge in [0.25, 0.3) is 0 Å². The molecule has 1 rings (SSSR count). The second kappa shape index (κ2) is 4.11. The van der Waals surface area contributed by atoms with Crippen LogP contribution in [0.5, 0.6) is 0 Å². The maximum Gasteiger partial charge on any atom is -0.0138 e. The van der Waals surface area contributed by atoms with Crippen LogP contribution in [-0.2, 0) is 0 Å². The first-order valence-corrected chi connectivity index (χ1v) is 5.51. The molecule has 0 aromatic carbocycles. The topological polar surface area (TPSA) is 0 Å². The molecule has 70 valence electrons. The van der Waals surface area contributed by atoms with Crippen molar-refractivity contribution in [3.63, 3.8) is 0 Å². The molecule has 1 aliphatic rings. The predicted octanol–water partition coefficient (Wildman–Crippen LogP) is 4.17. The van der Waals surface area contributed by atoms with Crippen molar-refractivity contribution in [1.82, 2.24) is 0 Å². The lowest BCUT2D eigenvalue weighted by Gasteiger charge is -2.41. The Kier molecular flexibility index (Phi) is 3.37. The second-order valence-corrected chi connectivity index (χ2v) is 3.79. The Hall–Kier alpha value is -0.260. The number of hydrogen-bond acceptors (Lipinski definition) is 0. The second-order valence-electron chi connectivity index (χ2n) is 3.79. The summed E-state index contributed by atoms with van der Waals surface area (Å²) in [5.41, 5.74) is 3.57. The third-order valence-corrected chi connectivity index (χ3v) is 3.43. The summed E-state index contributed by atoms with van der Waals surface area (Å²) in [6.07, 6.45) is 5.28. The van der Waals surface area contributed by atoms with Crippen molar-refractivity contribution in [3.8, 4) is 0 Å². The summed E-state index contributed by atoms with van der Waals surface area (Å²) >= 11 is 0. The molecule has 0 heterocycles. The van der Waals surface area contributed by atoms with Crippen LogP contribution < -0.4 is 0 Å². The minimum atomic E-state index is 0.940. The van der Waals surface area contributed by atoms with E-state index in [1.54, 1.807) is 11.1 Å². The Morgan fingerprint density at radius 3 is 1.25 bits per heavy atom. The minimum Gasteiger partial charge on any atom is -0.0673 e. The smallest absolute Gasteiger partial charge is 0.0138 e. The highest BCUT2D eigenvalue weighted by molar-refractivity contribution is 5.31. The molecule has 0 nitrogen and oxygen atoms in total. The lowest BCUT2D eigenvalue weighted by molar-refractivity contribution is 0.326. The first-order chi connectivity index (χ1) is 5.79. The van der Waals surface area contributed by atoms with Crippen molar-refractivity contribution in [3.05, 3.63) is 11.1 Å². The fourth-order valence-electron chi connectivity index (χ4n) is 2.91. The van der Waals surface area contributed by atoms with E-state index in [4.69, 9.17) is 0 Å². The highest BCUT2D eigenvalue weighted by Gasteiger charge is 2.34. The molecule has 0 saturated carbocycles. The van der Waals surface area contributed by atoms with E-state index >= 15 is 0 Å². The molecular weight excluding hydrogens is 144 g/mol. The van der Waals surface area contributed by atoms with Gasteiger partial charge in [0, 0.05) is 0 Å². The van der Waals surface area contributed by atoms with Crippen LogP contribution in [0.4, 0.5) is 0 Å². The van der Waals surface area contributed by atoms with Crippen molar-refractivity contribution in [2.24, 2.45) is 11.8 Å². The number of rotatable bonds is 4. The fourth-order valence-corrected chi connectivity index (χ4v) is 2.91. The van der Waals surface area contributed by atoms with E-state index in [-0.39, 0.29) is 0 Å². The molecule has 0 aliphatic heterocycles. The molecule has 1 aliphatic carbocycles. The third-order valence-electron chi connectivity index (χ3n) is 3.43. The van der Waals surface area contributed by atoms with Gasteiger partial charge in [-0.15, -0.1) is 0 Å². The van der Waals surface area contributed by atoms with Gasteiger partial charge in [-0.3, -0.25) is 0 Å². The summed E-state index contributed by atoms with van der Waals surface area (Å²) in [5.74, 6) is 1.88. The average Bonchev–Trinajstić information content (AvgIpc) is 2.05. The molecule has 2 unspecified atom stereocenters. The largest absolute Gasteiger partial charge is 0.0673 e. The Morgan fingerprint density at radius 2 is 1.08 bits per heavy atom. The average molecular weight is 166 g/mol. The minimum absolute atomic E-state index is 0.940. The Labute approximate surface area is 77.1 Å². The van der Waals surface area contributed by atoms with E-state index in [2.05, 4.69) is 27.7 Å². The number of hydrogen-bond donors (Lipinski definition) is 0. The van der Waals surface area contributed by atoms with Crippen LogP contribution in [0, 0.1) is 11.8 Å². The summed E-state index contributed by atoms with van der Waals surface area (Å²) in [6.45, 7) is 9.27. The van der Waals surface area contributed by atoms with Gasteiger partial charge in [-0.1, -0.05) is 38.8 Å². The van der Waals surface area contributed by atoms with Crippen molar-refractivity contribution in [1.29, 1.82) is 0 Å². The normalized spacial score (nSPS) is 29.0. The summed E-state index contributed by atoms with van der Waals surface area (Å²) in [7, 11) is 0. The summed E-state index contributed by atoms with van der Waals surface area (Å²) in [6, 6.07) is 0. The van der Waals surface area contributed by atoms with E-state index in [9.17, 15) is 0 Å². The number of allylic oxidation sites excluding steroid dienone is 2. The van der Waals surface area contributed by atoms with Gasteiger partial charge in [0.1, 0.15) is 0 Å². The predicted molar refractivity (Wildman–Crippen MR) is 55.2 cm³/mol. The van der Waals surface area contributed by atoms with Crippen molar-refractivity contribution in [2.75, 3.05) is 0 Å². The van der Waals surface area contributed by atoms with Gasteiger partial charge in [0.2, 0.25) is 0 Å². The standard InChI is InChI=1S/C12H22/c1-5-9-10(6-2)12(8-4)11(9)7-3/h9-10H,5-8H2,1-4H3. The van der Waals surface area contributed by atoms with Gasteiger partial charge in [0.15, 0.2) is 0 Å². The molecule has 0 N–H and O–H groups in total. The Bertz CT molecular complexity index is 156. The molecule has 0 aromatic rings. The summed E-state index contributed by atoms with van der Waals surface area (Å²) in [5, 5.41) is 0. The van der Waals surface area contributed by atoms with Crippen LogP contribution in [0.25, 0.3) is 0 Å². The maximum absolute atomic E-state index is 2.33. The van der Waals surface area contributed by atoms with E-state index in [0.717, 1.165) is 11.8 Å². The summed E-state index contributed by atoms with van der Waals surface area (Å²) < 4.78 is 0. The van der Waals surface area contributed by atoms with Gasteiger partial charge < -0.3 is 0 Å². The van der Waals surface area contributed by atoms with E-state index in [1.807, 2.05) is 0 Å². The van der Waals surface area contributed by atoms with Crippen LogP contribution in [-0.4, -0.2) is 0 Å². The lowest BCUT2D eigenvalue weighted by atomic mass is 9.64. The van der Waals surface area contributed by atoms with E-state index in [1.165, 1.54) is 25.7 Å². The van der Waals surface area contributed by atoms with Crippen LogP contribution in [0.1, 0.15) is 53.4 Å². The zero-order chi connectivity index (χ0) is 9.14. The molecule has 0 aromatic heterocycles. The van der Waals surface area contributed by atoms with Gasteiger partial charge in [-0.25, -0.2) is 0 Å². The van der Waals surface area contributed by atoms with Crippen LogP contribution in [0.2, 0.25) is 0 Å². The van der Waals surface area contributed by atoms with E-state index in [0.29, 0.717) is 0 Å². The monoisotopic (exact) mass is 166 g/mol. The highest BCUT2D eigenvalue weighted by Crippen LogP contribution is 2.47. The fraction of sp³-hybridized carbons (Fsp3) is 0.833. The first kappa shape index (κ1) is 9.83.